The highest BCUT2D eigenvalue weighted by Crippen LogP contribution is 2.22. The van der Waals surface area contributed by atoms with E-state index in [0.717, 1.165) is 18.4 Å². The maximum absolute atomic E-state index is 3.63. The smallest absolute Gasteiger partial charge is 0.00966 e. The lowest BCUT2D eigenvalue weighted by molar-refractivity contribution is 0.231. The standard InChI is InChI=1S/C17H36N2/c1-6-8-16-9-7-11-19(12-10-16)14-15(2)13-18-17(3,4)5/h15-16,18H,6-14H2,1-5H3. The summed E-state index contributed by atoms with van der Waals surface area (Å²) in [6, 6.07) is 0. The molecule has 1 aliphatic heterocycles. The Labute approximate surface area is 121 Å². The van der Waals surface area contributed by atoms with E-state index in [2.05, 4.69) is 44.8 Å². The van der Waals surface area contributed by atoms with Crippen LogP contribution in [0.1, 0.15) is 66.7 Å². The van der Waals surface area contributed by atoms with E-state index in [4.69, 9.17) is 0 Å². The van der Waals surface area contributed by atoms with Crippen LogP contribution >= 0.6 is 0 Å². The lowest BCUT2D eigenvalue weighted by atomic mass is 9.96. The van der Waals surface area contributed by atoms with Crippen LogP contribution in [-0.4, -0.2) is 36.6 Å². The minimum Gasteiger partial charge on any atom is -0.312 e. The van der Waals surface area contributed by atoms with Crippen LogP contribution < -0.4 is 5.32 Å². The lowest BCUT2D eigenvalue weighted by Crippen LogP contribution is -2.41. The largest absolute Gasteiger partial charge is 0.312 e. The molecule has 2 nitrogen and oxygen atoms in total. The van der Waals surface area contributed by atoms with Crippen LogP contribution in [0.2, 0.25) is 0 Å². The Hall–Kier alpha value is -0.0800. The highest BCUT2D eigenvalue weighted by molar-refractivity contribution is 4.75. The van der Waals surface area contributed by atoms with E-state index in [1.807, 2.05) is 0 Å². The molecule has 1 rings (SSSR count). The summed E-state index contributed by atoms with van der Waals surface area (Å²) < 4.78 is 0. The maximum Gasteiger partial charge on any atom is 0.00966 e. The van der Waals surface area contributed by atoms with Crippen molar-refractivity contribution in [1.82, 2.24) is 10.2 Å². The summed E-state index contributed by atoms with van der Waals surface area (Å²) in [5.74, 6) is 1.75. The van der Waals surface area contributed by atoms with Crippen molar-refractivity contribution in [3.63, 3.8) is 0 Å². The van der Waals surface area contributed by atoms with Gasteiger partial charge >= 0.3 is 0 Å². The van der Waals surface area contributed by atoms with Crippen molar-refractivity contribution in [3.05, 3.63) is 0 Å². The summed E-state index contributed by atoms with van der Waals surface area (Å²) in [6.45, 7) is 16.5. The van der Waals surface area contributed by atoms with E-state index in [0.29, 0.717) is 0 Å². The average Bonchev–Trinajstić information content (AvgIpc) is 2.52. The highest BCUT2D eigenvalue weighted by Gasteiger charge is 2.18. The first-order valence-electron chi connectivity index (χ1n) is 8.38. The first-order chi connectivity index (χ1) is 8.90. The average molecular weight is 268 g/mol. The third kappa shape index (κ3) is 7.94. The summed E-state index contributed by atoms with van der Waals surface area (Å²) in [7, 11) is 0. The van der Waals surface area contributed by atoms with Crippen molar-refractivity contribution in [2.45, 2.75) is 72.3 Å². The van der Waals surface area contributed by atoms with Crippen LogP contribution in [0.4, 0.5) is 0 Å². The van der Waals surface area contributed by atoms with Crippen LogP contribution in [0.5, 0.6) is 0 Å². The fourth-order valence-corrected chi connectivity index (χ4v) is 3.09. The molecule has 0 saturated carbocycles. The van der Waals surface area contributed by atoms with Crippen molar-refractivity contribution in [2.75, 3.05) is 26.2 Å². The number of nitrogens with one attached hydrogen (secondary N) is 1. The molecule has 19 heavy (non-hydrogen) atoms. The Kier molecular flexibility index (Phi) is 7.38. The van der Waals surface area contributed by atoms with Gasteiger partial charge in [-0.3, -0.25) is 0 Å². The van der Waals surface area contributed by atoms with Gasteiger partial charge in [0.05, 0.1) is 0 Å². The number of hydrogen-bond donors (Lipinski definition) is 1. The Balaban J connectivity index is 2.25. The topological polar surface area (TPSA) is 15.3 Å². The molecule has 1 aliphatic rings. The second-order valence-electron chi connectivity index (χ2n) is 7.62. The Morgan fingerprint density at radius 1 is 1.21 bits per heavy atom. The van der Waals surface area contributed by atoms with Gasteiger partial charge < -0.3 is 10.2 Å². The summed E-state index contributed by atoms with van der Waals surface area (Å²) in [5, 5.41) is 3.63. The quantitative estimate of drug-likeness (QED) is 0.785. The molecule has 0 aromatic rings. The SMILES string of the molecule is CCCC1CCCN(CC(C)CNC(C)(C)C)CC1. The molecule has 1 fully saturated rings. The first kappa shape index (κ1) is 17.0. The van der Waals surface area contributed by atoms with E-state index in [-0.39, 0.29) is 5.54 Å². The second-order valence-corrected chi connectivity index (χ2v) is 7.62. The third-order valence-corrected chi connectivity index (χ3v) is 4.19. The summed E-state index contributed by atoms with van der Waals surface area (Å²) in [4.78, 5) is 2.70. The zero-order valence-electron chi connectivity index (χ0n) is 14.0. The molecule has 1 N–H and O–H groups in total. The van der Waals surface area contributed by atoms with Crippen LogP contribution in [0.3, 0.4) is 0 Å². The van der Waals surface area contributed by atoms with Crippen LogP contribution in [-0.2, 0) is 0 Å². The molecule has 114 valence electrons. The van der Waals surface area contributed by atoms with Crippen molar-refractivity contribution >= 4 is 0 Å². The molecule has 0 aromatic heterocycles. The van der Waals surface area contributed by atoms with Gasteiger partial charge in [0.1, 0.15) is 0 Å². The monoisotopic (exact) mass is 268 g/mol. The predicted molar refractivity (Wildman–Crippen MR) is 85.6 cm³/mol. The van der Waals surface area contributed by atoms with Gasteiger partial charge in [-0.25, -0.2) is 0 Å². The maximum atomic E-state index is 3.63. The van der Waals surface area contributed by atoms with Gasteiger partial charge in [-0.15, -0.1) is 0 Å². The van der Waals surface area contributed by atoms with E-state index in [1.165, 1.54) is 51.7 Å². The predicted octanol–water partition coefficient (Wildman–Crippen LogP) is 3.91. The number of nitrogens with zero attached hydrogens (tertiary/aromatic N) is 1. The molecule has 2 atom stereocenters. The van der Waals surface area contributed by atoms with Crippen LogP contribution in [0, 0.1) is 11.8 Å². The van der Waals surface area contributed by atoms with Gasteiger partial charge in [-0.2, -0.15) is 0 Å². The minimum absolute atomic E-state index is 0.249. The molecule has 0 aliphatic carbocycles. The van der Waals surface area contributed by atoms with Gasteiger partial charge in [-0.05, 0) is 71.5 Å². The molecule has 0 spiro atoms. The molecule has 1 heterocycles. The normalized spacial score (nSPS) is 24.2. The van der Waals surface area contributed by atoms with Crippen molar-refractivity contribution in [2.24, 2.45) is 11.8 Å². The summed E-state index contributed by atoms with van der Waals surface area (Å²) >= 11 is 0. The Bertz CT molecular complexity index is 232. The zero-order chi connectivity index (χ0) is 14.3. The molecule has 0 bridgehead atoms. The molecule has 0 radical (unpaired) electrons. The van der Waals surface area contributed by atoms with Gasteiger partial charge in [0.2, 0.25) is 0 Å². The molecular weight excluding hydrogens is 232 g/mol. The Morgan fingerprint density at radius 3 is 2.58 bits per heavy atom. The number of hydrogen-bond acceptors (Lipinski definition) is 2. The fourth-order valence-electron chi connectivity index (χ4n) is 3.09. The summed E-state index contributed by atoms with van der Waals surface area (Å²) in [5.41, 5.74) is 0.249. The first-order valence-corrected chi connectivity index (χ1v) is 8.38. The molecule has 2 heteroatoms. The molecule has 0 aromatic carbocycles. The van der Waals surface area contributed by atoms with Crippen molar-refractivity contribution in [3.8, 4) is 0 Å². The van der Waals surface area contributed by atoms with Gasteiger partial charge in [-0.1, -0.05) is 26.7 Å². The fraction of sp³-hybridized carbons (Fsp3) is 1.00. The third-order valence-electron chi connectivity index (χ3n) is 4.19. The van der Waals surface area contributed by atoms with E-state index in [9.17, 15) is 0 Å². The zero-order valence-corrected chi connectivity index (χ0v) is 14.0. The Morgan fingerprint density at radius 2 is 1.95 bits per heavy atom. The van der Waals surface area contributed by atoms with Crippen LogP contribution in [0.25, 0.3) is 0 Å². The van der Waals surface area contributed by atoms with E-state index < -0.39 is 0 Å². The number of rotatable bonds is 6. The lowest BCUT2D eigenvalue weighted by Gasteiger charge is -2.27. The molecular formula is C17H36N2. The highest BCUT2D eigenvalue weighted by atomic mass is 15.1. The molecule has 1 saturated heterocycles. The van der Waals surface area contributed by atoms with Crippen molar-refractivity contribution < 1.29 is 0 Å². The van der Waals surface area contributed by atoms with E-state index >= 15 is 0 Å². The van der Waals surface area contributed by atoms with Crippen LogP contribution in [0.15, 0.2) is 0 Å². The van der Waals surface area contributed by atoms with Gasteiger partial charge in [0, 0.05) is 12.1 Å². The van der Waals surface area contributed by atoms with Crippen molar-refractivity contribution in [1.29, 1.82) is 0 Å². The van der Waals surface area contributed by atoms with Gasteiger partial charge in [0.25, 0.3) is 0 Å². The number of likely N-dealkylation sites (tertiary alicyclic amines) is 1. The second kappa shape index (κ2) is 8.26. The van der Waals surface area contributed by atoms with Gasteiger partial charge in [0.15, 0.2) is 0 Å². The molecule has 2 unspecified atom stereocenters. The summed E-state index contributed by atoms with van der Waals surface area (Å²) in [6.07, 6.45) is 7.09. The van der Waals surface area contributed by atoms with E-state index in [1.54, 1.807) is 0 Å². The molecule has 0 amide bonds. The minimum atomic E-state index is 0.249.